The molecule has 1 amide bonds. The second kappa shape index (κ2) is 7.99. The number of carbonyl (C=O) groups excluding carboxylic acids is 1. The van der Waals surface area contributed by atoms with Gasteiger partial charge in [-0.1, -0.05) is 13.8 Å². The summed E-state index contributed by atoms with van der Waals surface area (Å²) in [7, 11) is 0. The van der Waals surface area contributed by atoms with E-state index in [0.29, 0.717) is 12.5 Å². The van der Waals surface area contributed by atoms with Crippen molar-refractivity contribution < 1.29 is 4.79 Å². The van der Waals surface area contributed by atoms with Crippen LogP contribution >= 0.6 is 0 Å². The average molecular weight is 281 g/mol. The van der Waals surface area contributed by atoms with Gasteiger partial charge in [0.2, 0.25) is 5.91 Å². The highest BCUT2D eigenvalue weighted by molar-refractivity contribution is 5.76. The van der Waals surface area contributed by atoms with Gasteiger partial charge in [-0.25, -0.2) is 0 Å². The van der Waals surface area contributed by atoms with Crippen LogP contribution in [0.3, 0.4) is 0 Å². The smallest absolute Gasteiger partial charge is 0.221 e. The summed E-state index contributed by atoms with van der Waals surface area (Å²) >= 11 is 0. The molecule has 3 atom stereocenters. The zero-order chi connectivity index (χ0) is 14.4. The van der Waals surface area contributed by atoms with Crippen molar-refractivity contribution in [3.8, 4) is 0 Å². The summed E-state index contributed by atoms with van der Waals surface area (Å²) in [6.07, 6.45) is 5.45. The number of carbonyl (C=O) groups is 1. The van der Waals surface area contributed by atoms with E-state index in [1.165, 1.54) is 25.9 Å². The van der Waals surface area contributed by atoms with Crippen LogP contribution < -0.4 is 10.6 Å². The minimum atomic E-state index is 0.213. The van der Waals surface area contributed by atoms with Crippen molar-refractivity contribution in [2.24, 2.45) is 11.8 Å². The Morgan fingerprint density at radius 1 is 1.30 bits per heavy atom. The third-order valence-electron chi connectivity index (χ3n) is 4.51. The Bertz CT molecular complexity index is 292. The molecule has 2 N–H and O–H groups in total. The fourth-order valence-electron chi connectivity index (χ4n) is 3.73. The van der Waals surface area contributed by atoms with E-state index < -0.39 is 0 Å². The topological polar surface area (TPSA) is 44.4 Å². The lowest BCUT2D eigenvalue weighted by atomic mass is 9.92. The van der Waals surface area contributed by atoms with Crippen LogP contribution in [0.15, 0.2) is 0 Å². The lowest BCUT2D eigenvalue weighted by molar-refractivity contribution is -0.121. The molecule has 0 spiro atoms. The molecule has 2 saturated heterocycles. The molecule has 2 aliphatic rings. The molecule has 4 nitrogen and oxygen atoms in total. The summed E-state index contributed by atoms with van der Waals surface area (Å²) in [6, 6.07) is 0.416. The normalized spacial score (nSPS) is 31.4. The standard InChI is InChI=1S/C16H31N3O/c1-13-9-14(2)12-19(11-13)8-4-7-18-16(20)10-15-5-3-6-17-15/h13-15,17H,3-12H2,1-2H3,(H,18,20). The second-order valence-corrected chi connectivity index (χ2v) is 6.91. The summed E-state index contributed by atoms with van der Waals surface area (Å²) in [5, 5.41) is 6.44. The molecule has 0 bridgehead atoms. The maximum Gasteiger partial charge on any atom is 0.221 e. The third-order valence-corrected chi connectivity index (χ3v) is 4.51. The summed E-state index contributed by atoms with van der Waals surface area (Å²) in [4.78, 5) is 14.3. The Morgan fingerprint density at radius 2 is 2.05 bits per heavy atom. The van der Waals surface area contributed by atoms with Gasteiger partial charge in [-0.3, -0.25) is 4.79 Å². The number of nitrogens with one attached hydrogen (secondary N) is 2. The van der Waals surface area contributed by atoms with Crippen molar-refractivity contribution in [2.45, 2.75) is 52.0 Å². The first-order valence-corrected chi connectivity index (χ1v) is 8.36. The van der Waals surface area contributed by atoms with E-state index in [9.17, 15) is 4.79 Å². The fourth-order valence-corrected chi connectivity index (χ4v) is 3.73. The number of amides is 1. The van der Waals surface area contributed by atoms with Crippen LogP contribution in [0, 0.1) is 11.8 Å². The molecule has 0 aliphatic carbocycles. The van der Waals surface area contributed by atoms with Crippen molar-refractivity contribution >= 4 is 5.91 Å². The van der Waals surface area contributed by atoms with Crippen LogP contribution in [-0.4, -0.2) is 49.6 Å². The maximum atomic E-state index is 11.8. The highest BCUT2D eigenvalue weighted by atomic mass is 16.1. The Kier molecular flexibility index (Phi) is 6.30. The first kappa shape index (κ1) is 15.8. The van der Waals surface area contributed by atoms with E-state index in [-0.39, 0.29) is 5.91 Å². The van der Waals surface area contributed by atoms with Crippen LogP contribution in [0.25, 0.3) is 0 Å². The van der Waals surface area contributed by atoms with Crippen molar-refractivity contribution in [3.63, 3.8) is 0 Å². The van der Waals surface area contributed by atoms with Crippen LogP contribution in [0.2, 0.25) is 0 Å². The van der Waals surface area contributed by atoms with E-state index in [4.69, 9.17) is 0 Å². The molecule has 2 aliphatic heterocycles. The van der Waals surface area contributed by atoms with Crippen LogP contribution in [0.4, 0.5) is 0 Å². The van der Waals surface area contributed by atoms with E-state index in [2.05, 4.69) is 29.4 Å². The molecule has 2 fully saturated rings. The molecule has 20 heavy (non-hydrogen) atoms. The van der Waals surface area contributed by atoms with Crippen LogP contribution in [0.1, 0.15) is 46.0 Å². The van der Waals surface area contributed by atoms with E-state index >= 15 is 0 Å². The van der Waals surface area contributed by atoms with Gasteiger partial charge in [-0.05, 0) is 50.6 Å². The Hall–Kier alpha value is -0.610. The Morgan fingerprint density at radius 3 is 2.70 bits per heavy atom. The number of rotatable bonds is 6. The average Bonchev–Trinajstić information content (AvgIpc) is 2.86. The first-order chi connectivity index (χ1) is 9.63. The first-order valence-electron chi connectivity index (χ1n) is 8.36. The predicted molar refractivity (Wildman–Crippen MR) is 82.7 cm³/mol. The van der Waals surface area contributed by atoms with Gasteiger partial charge in [-0.2, -0.15) is 0 Å². The van der Waals surface area contributed by atoms with Crippen molar-refractivity contribution in [2.75, 3.05) is 32.7 Å². The number of nitrogens with zero attached hydrogens (tertiary/aromatic N) is 1. The maximum absolute atomic E-state index is 11.8. The molecular weight excluding hydrogens is 250 g/mol. The molecule has 0 aromatic rings. The zero-order valence-electron chi connectivity index (χ0n) is 13.2. The highest BCUT2D eigenvalue weighted by Crippen LogP contribution is 2.20. The summed E-state index contributed by atoms with van der Waals surface area (Å²) in [5.41, 5.74) is 0. The monoisotopic (exact) mass is 281 g/mol. The van der Waals surface area contributed by atoms with E-state index in [1.54, 1.807) is 0 Å². The molecule has 2 rings (SSSR count). The summed E-state index contributed by atoms with van der Waals surface area (Å²) in [5.74, 6) is 1.85. The SMILES string of the molecule is CC1CC(C)CN(CCCNC(=O)CC2CCCN2)C1. The molecule has 4 heteroatoms. The number of likely N-dealkylation sites (tertiary alicyclic amines) is 1. The number of hydrogen-bond donors (Lipinski definition) is 2. The van der Waals surface area contributed by atoms with Crippen molar-refractivity contribution in [1.82, 2.24) is 15.5 Å². The lowest BCUT2D eigenvalue weighted by Gasteiger charge is -2.34. The van der Waals surface area contributed by atoms with Crippen LogP contribution in [-0.2, 0) is 4.79 Å². The van der Waals surface area contributed by atoms with Crippen LogP contribution in [0.5, 0.6) is 0 Å². The Labute approximate surface area is 123 Å². The Balaban J connectivity index is 1.53. The highest BCUT2D eigenvalue weighted by Gasteiger charge is 2.21. The predicted octanol–water partition coefficient (Wildman–Crippen LogP) is 1.61. The minimum absolute atomic E-state index is 0.213. The molecular formula is C16H31N3O. The van der Waals surface area contributed by atoms with Gasteiger partial charge in [0.25, 0.3) is 0 Å². The quantitative estimate of drug-likeness (QED) is 0.727. The lowest BCUT2D eigenvalue weighted by Crippen LogP contribution is -2.40. The van der Waals surface area contributed by atoms with Gasteiger partial charge in [0.05, 0.1) is 0 Å². The van der Waals surface area contributed by atoms with Gasteiger partial charge in [-0.15, -0.1) is 0 Å². The molecule has 0 radical (unpaired) electrons. The number of piperidine rings is 1. The molecule has 0 aromatic heterocycles. The van der Waals surface area contributed by atoms with Gasteiger partial charge < -0.3 is 15.5 Å². The zero-order valence-corrected chi connectivity index (χ0v) is 13.2. The fraction of sp³-hybridized carbons (Fsp3) is 0.938. The van der Waals surface area contributed by atoms with Gasteiger partial charge in [0.1, 0.15) is 0 Å². The largest absolute Gasteiger partial charge is 0.356 e. The van der Waals surface area contributed by atoms with Crippen molar-refractivity contribution in [3.05, 3.63) is 0 Å². The summed E-state index contributed by atoms with van der Waals surface area (Å²) < 4.78 is 0. The molecule has 2 heterocycles. The van der Waals surface area contributed by atoms with Gasteiger partial charge >= 0.3 is 0 Å². The minimum Gasteiger partial charge on any atom is -0.356 e. The molecule has 0 aromatic carbocycles. The molecule has 116 valence electrons. The van der Waals surface area contributed by atoms with E-state index in [0.717, 1.165) is 44.3 Å². The summed E-state index contributed by atoms with van der Waals surface area (Å²) in [6.45, 7) is 10.2. The van der Waals surface area contributed by atoms with Gasteiger partial charge in [0, 0.05) is 32.1 Å². The van der Waals surface area contributed by atoms with Crippen molar-refractivity contribution in [1.29, 1.82) is 0 Å². The molecule has 3 unspecified atom stereocenters. The van der Waals surface area contributed by atoms with E-state index in [1.807, 2.05) is 0 Å². The third kappa shape index (κ3) is 5.41. The van der Waals surface area contributed by atoms with Gasteiger partial charge in [0.15, 0.2) is 0 Å². The number of hydrogen-bond acceptors (Lipinski definition) is 3. The second-order valence-electron chi connectivity index (χ2n) is 6.91. The molecule has 0 saturated carbocycles.